The van der Waals surface area contributed by atoms with Crippen molar-refractivity contribution >= 4 is 88.5 Å². The molecular formula is C36H49N15O13S. The van der Waals surface area contributed by atoms with Crippen LogP contribution in [0.5, 0.6) is 0 Å². The highest BCUT2D eigenvalue weighted by Gasteiger charge is 2.35. The van der Waals surface area contributed by atoms with Gasteiger partial charge in [0.05, 0.1) is 43.4 Å². The van der Waals surface area contributed by atoms with E-state index >= 15 is 0 Å². The van der Waals surface area contributed by atoms with Gasteiger partial charge in [0.25, 0.3) is 11.5 Å². The molecule has 29 heteroatoms. The number of carboxylic acid groups (broad SMARTS) is 3. The third-order valence-corrected chi connectivity index (χ3v) is 9.31. The molecule has 0 fully saturated rings. The number of rotatable bonds is 28. The molecule has 0 aliphatic rings. The van der Waals surface area contributed by atoms with Gasteiger partial charge in [0.1, 0.15) is 24.4 Å². The summed E-state index contributed by atoms with van der Waals surface area (Å²) < 4.78 is 0. The summed E-state index contributed by atoms with van der Waals surface area (Å²) in [5.74, 6) is -11.8. The number of aromatic amines is 1. The lowest BCUT2D eigenvalue weighted by Crippen LogP contribution is -2.59. The number of nitrogens with zero attached hydrogens (tertiary/aromatic N) is 3. The molecule has 3 rings (SSSR count). The summed E-state index contributed by atoms with van der Waals surface area (Å²) >= 11 is 3.88. The van der Waals surface area contributed by atoms with Crippen molar-refractivity contribution in [3.63, 3.8) is 0 Å². The van der Waals surface area contributed by atoms with Gasteiger partial charge in [0.2, 0.25) is 35.2 Å². The second kappa shape index (κ2) is 25.3. The number of anilines is 2. The number of thiol groups is 1. The van der Waals surface area contributed by atoms with Crippen LogP contribution in [0, 0.1) is 0 Å². The number of nitrogen functional groups attached to an aromatic ring is 1. The Hall–Kier alpha value is -7.02. The van der Waals surface area contributed by atoms with Crippen molar-refractivity contribution < 1.29 is 58.5 Å². The number of carboxylic acids is 3. The highest BCUT2D eigenvalue weighted by molar-refractivity contribution is 7.80. The molecule has 5 atom stereocenters. The van der Waals surface area contributed by atoms with Gasteiger partial charge in [-0.25, -0.2) is 25.6 Å². The van der Waals surface area contributed by atoms with Crippen molar-refractivity contribution in [2.75, 3.05) is 23.3 Å². The molecule has 1 aromatic carbocycles. The number of carbonyl (C=O) groups is 9. The Morgan fingerprint density at radius 2 is 1.42 bits per heavy atom. The van der Waals surface area contributed by atoms with Crippen LogP contribution in [0.25, 0.3) is 11.2 Å². The van der Waals surface area contributed by atoms with E-state index in [1.165, 1.54) is 30.5 Å². The Labute approximate surface area is 372 Å². The summed E-state index contributed by atoms with van der Waals surface area (Å²) in [6.45, 7) is 0.202. The molecule has 65 heavy (non-hydrogen) atoms. The molecule has 0 aliphatic carbocycles. The molecule has 0 saturated heterocycles. The van der Waals surface area contributed by atoms with Gasteiger partial charge in [-0.15, -0.1) is 0 Å². The monoisotopic (exact) mass is 931 g/mol. The van der Waals surface area contributed by atoms with Gasteiger partial charge in [-0.05, 0) is 50.1 Å². The number of amides is 4. The minimum atomic E-state index is -1.88. The Morgan fingerprint density at radius 1 is 0.785 bits per heavy atom. The fraction of sp³-hybridized carbons (Fsp3) is 0.417. The Morgan fingerprint density at radius 3 is 2.03 bits per heavy atom. The first-order chi connectivity index (χ1) is 30.7. The van der Waals surface area contributed by atoms with E-state index in [1.807, 2.05) is 5.32 Å². The molecule has 4 amide bonds. The Kier molecular flexibility index (Phi) is 20.4. The molecule has 28 nitrogen and oxygen atoms in total. The molecule has 2 aromatic heterocycles. The maximum Gasteiger partial charge on any atom is 0.326 e. The van der Waals surface area contributed by atoms with E-state index in [-0.39, 0.29) is 54.4 Å². The van der Waals surface area contributed by atoms with E-state index < -0.39 is 121 Å². The molecule has 19 N–H and O–H groups in total. The van der Waals surface area contributed by atoms with Crippen molar-refractivity contribution in [3.05, 3.63) is 52.1 Å². The number of hydrogen-bond donors (Lipinski definition) is 16. The summed E-state index contributed by atoms with van der Waals surface area (Å²) in [7, 11) is 0. The lowest BCUT2D eigenvalue weighted by Gasteiger charge is -2.24. The number of ketones is 2. The highest BCUT2D eigenvalue weighted by Crippen LogP contribution is 2.13. The van der Waals surface area contributed by atoms with Gasteiger partial charge in [-0.1, -0.05) is 0 Å². The molecule has 2 heterocycles. The summed E-state index contributed by atoms with van der Waals surface area (Å²) in [6, 6.07) is -2.41. The van der Waals surface area contributed by atoms with Crippen LogP contribution < -0.4 is 65.9 Å². The van der Waals surface area contributed by atoms with Gasteiger partial charge in [-0.3, -0.25) is 58.8 Å². The maximum absolute atomic E-state index is 13.4. The fourth-order valence-electron chi connectivity index (χ4n) is 5.57. The molecule has 0 aliphatic heterocycles. The standard InChI is InChI=1S/C36H49N15O13S/c37-18(14-65)31(60)46-21(10-24(53)54)28(58)27(57)19(2-1-9-41-35(38)39)50-51-22(11-25(55)56)32(61)47-23(52)8-7-20(34(63)64)45-30(59)15-3-5-16(6-4-15)42-12-17-13-43-29-26(44-17)33(62)49-36(40)48-29/h3-6,13,18-22,35,41-42,50-51,65H,1-2,7-12,14,37-39H2,(H,45,59)(H,46,60)(H,53,54)(H,55,56)(H,63,64)(H,47,52,61)(H3,40,43,48,49,62)/t18-,19-,20-,21-,22-/m0/s1. The molecule has 3 aromatic rings. The summed E-state index contributed by atoms with van der Waals surface area (Å²) in [5, 5.41) is 40.6. The number of aliphatic carboxylic acids is 3. The van der Waals surface area contributed by atoms with Gasteiger partial charge < -0.3 is 54.2 Å². The van der Waals surface area contributed by atoms with Gasteiger partial charge in [0, 0.05) is 23.4 Å². The first-order valence-corrected chi connectivity index (χ1v) is 20.0. The number of hydrazine groups is 1. The smallest absolute Gasteiger partial charge is 0.326 e. The summed E-state index contributed by atoms with van der Waals surface area (Å²) in [4.78, 5) is 140. The molecule has 0 spiro atoms. The molecule has 352 valence electrons. The number of H-pyrrole nitrogens is 1. The minimum Gasteiger partial charge on any atom is -0.481 e. The predicted molar refractivity (Wildman–Crippen MR) is 229 cm³/mol. The topological polar surface area (TPSA) is 474 Å². The first kappa shape index (κ1) is 52.3. The van der Waals surface area contributed by atoms with Crippen molar-refractivity contribution in [2.45, 2.75) is 81.6 Å². The molecule has 0 saturated carbocycles. The minimum absolute atomic E-state index is 0.0209. The lowest BCUT2D eigenvalue weighted by molar-refractivity contribution is -0.144. The normalized spacial score (nSPS) is 13.4. The molecule has 0 bridgehead atoms. The number of fused-ring (bicyclic) bond motifs is 1. The van der Waals surface area contributed by atoms with E-state index in [0.717, 1.165) is 0 Å². The number of nitrogens with one attached hydrogen (secondary N) is 8. The number of imide groups is 1. The van der Waals surface area contributed by atoms with E-state index in [2.05, 4.69) is 64.7 Å². The van der Waals surface area contributed by atoms with E-state index in [4.69, 9.17) is 22.9 Å². The lowest BCUT2D eigenvalue weighted by atomic mass is 9.97. The molecule has 0 radical (unpaired) electrons. The van der Waals surface area contributed by atoms with Crippen LogP contribution in [0.3, 0.4) is 0 Å². The Balaban J connectivity index is 1.62. The second-order valence-electron chi connectivity index (χ2n) is 14.0. The van der Waals surface area contributed by atoms with Crippen LogP contribution in [0.2, 0.25) is 0 Å². The third-order valence-electron chi connectivity index (χ3n) is 8.91. The third kappa shape index (κ3) is 17.2. The van der Waals surface area contributed by atoms with Crippen molar-refractivity contribution in [3.8, 4) is 0 Å². The van der Waals surface area contributed by atoms with Crippen LogP contribution in [-0.4, -0.2) is 137 Å². The second-order valence-corrected chi connectivity index (χ2v) is 14.4. The number of hydrogen-bond acceptors (Lipinski definition) is 22. The summed E-state index contributed by atoms with van der Waals surface area (Å²) in [5.41, 5.74) is 27.1. The maximum atomic E-state index is 13.4. The fourth-order valence-corrected chi connectivity index (χ4v) is 5.73. The van der Waals surface area contributed by atoms with Gasteiger partial charge in [0.15, 0.2) is 11.2 Å². The highest BCUT2D eigenvalue weighted by atomic mass is 32.1. The number of benzene rings is 1. The molecule has 0 unspecified atom stereocenters. The van der Waals surface area contributed by atoms with Crippen molar-refractivity contribution in [2.24, 2.45) is 17.2 Å². The SMILES string of the molecule is Nc1nc2ncc(CNc3ccc(C(=O)N[C@@H](CCC(=O)NC(=O)[C@H](CC(=O)O)NN[C@@H](CCCNC(N)N)C(=O)C(=O)[C@H](CC(=O)O)NC(=O)[C@@H](N)CS)C(=O)O)cc3)nc2c(=O)[nH]1. The number of carbonyl (C=O) groups excluding carboxylic acids is 6. The van der Waals surface area contributed by atoms with E-state index in [1.54, 1.807) is 0 Å². The largest absolute Gasteiger partial charge is 0.481 e. The van der Waals surface area contributed by atoms with Crippen LogP contribution >= 0.6 is 12.6 Å². The number of aromatic nitrogens is 4. The van der Waals surface area contributed by atoms with Crippen LogP contribution in [0.1, 0.15) is 54.6 Å². The van der Waals surface area contributed by atoms with Crippen LogP contribution in [0.15, 0.2) is 35.3 Å². The number of Topliss-reactive ketones (excluding diaryl/α,β-unsaturated/α-hetero) is 2. The quantitative estimate of drug-likeness (QED) is 0.0106. The van der Waals surface area contributed by atoms with Crippen LogP contribution in [0.4, 0.5) is 11.6 Å². The van der Waals surface area contributed by atoms with Gasteiger partial charge >= 0.3 is 17.9 Å². The van der Waals surface area contributed by atoms with Crippen molar-refractivity contribution in [1.29, 1.82) is 0 Å². The van der Waals surface area contributed by atoms with Crippen molar-refractivity contribution in [1.82, 2.24) is 52.1 Å². The zero-order chi connectivity index (χ0) is 48.4. The predicted octanol–water partition coefficient (Wildman–Crippen LogP) is -5.25. The number of nitrogens with two attached hydrogens (primary N) is 4. The van der Waals surface area contributed by atoms with Gasteiger partial charge in [-0.2, -0.15) is 17.6 Å². The Bertz CT molecular complexity index is 2300. The van der Waals surface area contributed by atoms with E-state index in [0.29, 0.717) is 11.4 Å². The average molecular weight is 932 g/mol. The zero-order valence-corrected chi connectivity index (χ0v) is 35.1. The van der Waals surface area contributed by atoms with E-state index in [9.17, 15) is 63.3 Å². The average Bonchev–Trinajstić information content (AvgIpc) is 3.24. The first-order valence-electron chi connectivity index (χ1n) is 19.4. The zero-order valence-electron chi connectivity index (χ0n) is 34.2. The molecular weight excluding hydrogens is 883 g/mol. The summed E-state index contributed by atoms with van der Waals surface area (Å²) in [6.07, 6.45) is -2.94. The van der Waals surface area contributed by atoms with Crippen LogP contribution in [-0.2, 0) is 44.9 Å².